The molecule has 4 N–H and O–H groups in total. The molecule has 3 atom stereocenters. The summed E-state index contributed by atoms with van der Waals surface area (Å²) in [6.07, 6.45) is -15.7. The van der Waals surface area contributed by atoms with Crippen molar-refractivity contribution in [1.82, 2.24) is 5.32 Å². The molecule has 0 aliphatic carbocycles. The second-order valence-corrected chi connectivity index (χ2v) is 10.0. The molecule has 0 bridgehead atoms. The number of halogens is 7. The number of fused-ring (bicyclic) bond motifs is 1. The van der Waals surface area contributed by atoms with Crippen LogP contribution in [0, 0.1) is 24.6 Å². The van der Waals surface area contributed by atoms with Gasteiger partial charge in [-0.15, -0.1) is 0 Å². The van der Waals surface area contributed by atoms with E-state index in [9.17, 15) is 45.1 Å². The summed E-state index contributed by atoms with van der Waals surface area (Å²) in [5.41, 5.74) is 7.09. The molecule has 3 amide bonds. The van der Waals surface area contributed by atoms with Crippen molar-refractivity contribution in [3.63, 3.8) is 0 Å². The third-order valence-corrected chi connectivity index (χ3v) is 6.80. The topological polar surface area (TPSA) is 114 Å². The predicted molar refractivity (Wildman–Crippen MR) is 140 cm³/mol. The van der Waals surface area contributed by atoms with Gasteiger partial charge in [0.25, 0.3) is 5.91 Å². The van der Waals surface area contributed by atoms with Crippen LogP contribution in [-0.2, 0) is 14.4 Å². The number of para-hydroxylation sites is 1. The van der Waals surface area contributed by atoms with E-state index in [1.54, 1.807) is 25.1 Å². The molecule has 42 heavy (non-hydrogen) atoms. The number of hydrogen-bond donors (Lipinski definition) is 3. The zero-order chi connectivity index (χ0) is 31.2. The lowest BCUT2D eigenvalue weighted by Crippen LogP contribution is -2.48. The van der Waals surface area contributed by atoms with Crippen molar-refractivity contribution in [3.8, 4) is 0 Å². The molecule has 0 fully saturated rings. The van der Waals surface area contributed by atoms with Gasteiger partial charge < -0.3 is 16.4 Å². The number of aliphatic imine (C=N–C) groups is 1. The fraction of sp³-hybridized carbons (Fsp3) is 0.429. The number of benzene rings is 2. The van der Waals surface area contributed by atoms with E-state index in [0.29, 0.717) is 16.8 Å². The van der Waals surface area contributed by atoms with E-state index >= 15 is 0 Å². The van der Waals surface area contributed by atoms with Gasteiger partial charge in [0, 0.05) is 35.8 Å². The van der Waals surface area contributed by atoms with E-state index in [1.807, 2.05) is 0 Å². The molecule has 0 aromatic heterocycles. The molecule has 3 rings (SSSR count). The van der Waals surface area contributed by atoms with E-state index in [0.717, 1.165) is 6.07 Å². The first-order valence-electron chi connectivity index (χ1n) is 13.0. The van der Waals surface area contributed by atoms with Gasteiger partial charge in [0.05, 0.1) is 11.4 Å². The second-order valence-electron chi connectivity index (χ2n) is 10.0. The van der Waals surface area contributed by atoms with Crippen LogP contribution < -0.4 is 16.4 Å². The minimum absolute atomic E-state index is 0.113. The number of primary amides is 1. The lowest BCUT2D eigenvalue weighted by molar-refractivity contribution is -0.143. The van der Waals surface area contributed by atoms with Crippen LogP contribution in [0.25, 0.3) is 0 Å². The molecule has 228 valence electrons. The van der Waals surface area contributed by atoms with Crippen LogP contribution in [0.2, 0.25) is 0 Å². The van der Waals surface area contributed by atoms with E-state index in [2.05, 4.69) is 15.6 Å². The summed E-state index contributed by atoms with van der Waals surface area (Å²) in [6.45, 7) is 1.69. The molecule has 1 heterocycles. The Morgan fingerprint density at radius 3 is 2.14 bits per heavy atom. The zero-order valence-electron chi connectivity index (χ0n) is 22.4. The molecule has 7 nitrogen and oxygen atoms in total. The number of benzodiazepines with no additional fused rings is 1. The van der Waals surface area contributed by atoms with Crippen molar-refractivity contribution in [2.24, 2.45) is 22.6 Å². The number of alkyl halides is 6. The van der Waals surface area contributed by atoms with Gasteiger partial charge >= 0.3 is 12.4 Å². The van der Waals surface area contributed by atoms with Gasteiger partial charge in [-0.25, -0.2) is 9.38 Å². The summed E-state index contributed by atoms with van der Waals surface area (Å²) < 4.78 is 90.9. The van der Waals surface area contributed by atoms with Gasteiger partial charge in [0.2, 0.25) is 18.0 Å². The largest absolute Gasteiger partial charge is 0.389 e. The zero-order valence-corrected chi connectivity index (χ0v) is 22.4. The minimum Gasteiger partial charge on any atom is -0.369 e. The Hall–Kier alpha value is -3.97. The number of anilines is 1. The fourth-order valence-corrected chi connectivity index (χ4v) is 4.79. The van der Waals surface area contributed by atoms with Crippen LogP contribution in [-0.4, -0.2) is 42.0 Å². The van der Waals surface area contributed by atoms with Crippen molar-refractivity contribution >= 4 is 29.1 Å². The Bertz CT molecular complexity index is 1340. The van der Waals surface area contributed by atoms with Crippen LogP contribution in [0.3, 0.4) is 0 Å². The Morgan fingerprint density at radius 1 is 0.976 bits per heavy atom. The SMILES string of the molecule is Cc1cccc2c1NC(=O)[C@@H](NC(=O)[C@H](CCCC(F)(F)F)[C@H](CCCC(F)(F)F)C(N)=O)N=C2c1cccc(F)c1. The molecule has 2 aromatic carbocycles. The maximum atomic E-state index is 14.1. The maximum absolute atomic E-state index is 14.1. The smallest absolute Gasteiger partial charge is 0.369 e. The van der Waals surface area contributed by atoms with Crippen LogP contribution in [0.15, 0.2) is 47.5 Å². The molecular formula is C28H29F7N4O3. The number of carbonyl (C=O) groups is 3. The summed E-state index contributed by atoms with van der Waals surface area (Å²) in [7, 11) is 0. The van der Waals surface area contributed by atoms with E-state index < -0.39 is 92.4 Å². The van der Waals surface area contributed by atoms with Crippen molar-refractivity contribution in [2.75, 3.05) is 5.32 Å². The highest BCUT2D eigenvalue weighted by molar-refractivity contribution is 6.20. The monoisotopic (exact) mass is 602 g/mol. The fourth-order valence-electron chi connectivity index (χ4n) is 4.79. The lowest BCUT2D eigenvalue weighted by Gasteiger charge is -2.26. The molecule has 0 unspecified atom stereocenters. The van der Waals surface area contributed by atoms with E-state index in [-0.39, 0.29) is 11.3 Å². The number of nitrogens with one attached hydrogen (secondary N) is 2. The maximum Gasteiger partial charge on any atom is 0.389 e. The number of rotatable bonds is 11. The van der Waals surface area contributed by atoms with Crippen LogP contribution >= 0.6 is 0 Å². The highest BCUT2D eigenvalue weighted by atomic mass is 19.4. The molecule has 0 radical (unpaired) electrons. The number of carbonyl (C=O) groups excluding carboxylic acids is 3. The molecule has 0 spiro atoms. The van der Waals surface area contributed by atoms with Gasteiger partial charge in [-0.05, 0) is 50.3 Å². The standard InChI is InChI=1S/C28H29F7N4O3/c1-15-6-2-9-20-21(15)38-26(42)24(37-22(20)16-7-3-8-17(29)14-16)39-25(41)19(11-5-13-28(33,34)35)18(23(36)40)10-4-12-27(30,31)32/h2-3,6-9,14,18-19,24H,4-5,10-13H2,1H3,(H2,36,40)(H,38,42)(H,39,41)/t18-,19+,24+/m0/s1. The first kappa shape index (κ1) is 32.5. The van der Waals surface area contributed by atoms with Crippen molar-refractivity contribution in [3.05, 3.63) is 65.0 Å². The van der Waals surface area contributed by atoms with Gasteiger partial charge in [0.1, 0.15) is 5.82 Å². The highest BCUT2D eigenvalue weighted by Crippen LogP contribution is 2.32. The minimum atomic E-state index is -4.59. The highest BCUT2D eigenvalue weighted by Gasteiger charge is 2.37. The number of aryl methyl sites for hydroxylation is 1. The molecular weight excluding hydrogens is 573 g/mol. The lowest BCUT2D eigenvalue weighted by atomic mass is 9.83. The first-order valence-corrected chi connectivity index (χ1v) is 13.0. The Balaban J connectivity index is 1.97. The van der Waals surface area contributed by atoms with Gasteiger partial charge in [0.15, 0.2) is 0 Å². The number of hydrogen-bond acceptors (Lipinski definition) is 4. The number of nitrogens with two attached hydrogens (primary N) is 1. The molecule has 1 aliphatic heterocycles. The quantitative estimate of drug-likeness (QED) is 0.293. The second kappa shape index (κ2) is 13.3. The summed E-state index contributed by atoms with van der Waals surface area (Å²) in [4.78, 5) is 43.2. The normalized spacial score (nSPS) is 16.9. The van der Waals surface area contributed by atoms with Gasteiger partial charge in [-0.2, -0.15) is 26.3 Å². The molecule has 0 saturated carbocycles. The summed E-state index contributed by atoms with van der Waals surface area (Å²) in [5.74, 6) is -6.82. The van der Waals surface area contributed by atoms with Crippen LogP contribution in [0.5, 0.6) is 0 Å². The molecule has 14 heteroatoms. The van der Waals surface area contributed by atoms with Crippen LogP contribution in [0.4, 0.5) is 36.4 Å². The number of nitrogens with zero attached hydrogens (tertiary/aromatic N) is 1. The van der Waals surface area contributed by atoms with E-state index in [4.69, 9.17) is 5.73 Å². The Kier molecular flexibility index (Phi) is 10.3. The van der Waals surface area contributed by atoms with Gasteiger partial charge in [-0.3, -0.25) is 14.4 Å². The third-order valence-electron chi connectivity index (χ3n) is 6.80. The first-order chi connectivity index (χ1) is 19.6. The molecule has 0 saturated heterocycles. The summed E-state index contributed by atoms with van der Waals surface area (Å²) in [5, 5.41) is 4.96. The Labute approximate surface area is 236 Å². The van der Waals surface area contributed by atoms with E-state index in [1.165, 1.54) is 18.2 Å². The van der Waals surface area contributed by atoms with Crippen molar-refractivity contribution in [1.29, 1.82) is 0 Å². The van der Waals surface area contributed by atoms with Gasteiger partial charge in [-0.1, -0.05) is 30.3 Å². The third kappa shape index (κ3) is 9.02. The summed E-state index contributed by atoms with van der Waals surface area (Å²) in [6, 6.07) is 10.2. The molecule has 1 aliphatic rings. The van der Waals surface area contributed by atoms with Crippen LogP contribution in [0.1, 0.15) is 55.2 Å². The number of amides is 3. The Morgan fingerprint density at radius 2 is 1.57 bits per heavy atom. The average Bonchev–Trinajstić information content (AvgIpc) is 3.01. The summed E-state index contributed by atoms with van der Waals surface area (Å²) >= 11 is 0. The molecule has 2 aromatic rings. The van der Waals surface area contributed by atoms with Crippen molar-refractivity contribution in [2.45, 2.75) is 64.0 Å². The average molecular weight is 603 g/mol. The van der Waals surface area contributed by atoms with Crippen molar-refractivity contribution < 1.29 is 45.1 Å². The predicted octanol–water partition coefficient (Wildman–Crippen LogP) is 5.55.